The van der Waals surface area contributed by atoms with Gasteiger partial charge in [-0.15, -0.1) is 0 Å². The maximum atomic E-state index is 4.92. The highest BCUT2D eigenvalue weighted by molar-refractivity contribution is 5.95. The lowest BCUT2D eigenvalue weighted by molar-refractivity contribution is 0.667. The molecule has 2 heterocycles. The van der Waals surface area contributed by atoms with Gasteiger partial charge in [-0.3, -0.25) is 0 Å². The molecule has 2 nitrogen and oxygen atoms in total. The number of nitrogens with zero attached hydrogens (tertiary/aromatic N) is 2. The molecule has 0 N–H and O–H groups in total. The summed E-state index contributed by atoms with van der Waals surface area (Å²) in [5, 5.41) is 2.21. The van der Waals surface area contributed by atoms with Crippen molar-refractivity contribution in [3.8, 4) is 0 Å². The van der Waals surface area contributed by atoms with Crippen LogP contribution in [0.25, 0.3) is 46.1 Å². The first-order valence-corrected chi connectivity index (χ1v) is 16.0. The molecule has 42 heavy (non-hydrogen) atoms. The van der Waals surface area contributed by atoms with Crippen LogP contribution < -0.4 is 0 Å². The number of aryl methyl sites for hydroxylation is 2. The predicted octanol–water partition coefficient (Wildman–Crippen LogP) is 11.4. The Morgan fingerprint density at radius 3 is 1.29 bits per heavy atom. The van der Waals surface area contributed by atoms with Gasteiger partial charge in [0.15, 0.2) is 0 Å². The van der Waals surface area contributed by atoms with Crippen molar-refractivity contribution in [2.45, 2.75) is 78.1 Å². The minimum absolute atomic E-state index is 0.963. The Labute approximate surface area is 252 Å². The topological polar surface area (TPSA) is 25.8 Å². The Morgan fingerprint density at radius 2 is 0.881 bits per heavy atom. The zero-order valence-electron chi connectivity index (χ0n) is 25.4. The molecule has 0 aliphatic rings. The summed E-state index contributed by atoms with van der Waals surface area (Å²) in [6.45, 7) is 4.52. The van der Waals surface area contributed by atoms with Gasteiger partial charge < -0.3 is 0 Å². The molecule has 3 aromatic carbocycles. The van der Waals surface area contributed by atoms with E-state index in [-0.39, 0.29) is 0 Å². The monoisotopic (exact) mass is 552 g/mol. The number of hydrogen-bond donors (Lipinski definition) is 0. The Bertz CT molecular complexity index is 1500. The fraction of sp³-hybridized carbons (Fsp3) is 0.300. The van der Waals surface area contributed by atoms with Crippen LogP contribution in [0.5, 0.6) is 0 Å². The third-order valence-corrected chi connectivity index (χ3v) is 8.03. The molecule has 0 aliphatic carbocycles. The van der Waals surface area contributed by atoms with Gasteiger partial charge in [-0.05, 0) is 84.4 Å². The maximum absolute atomic E-state index is 4.92. The molecule has 0 amide bonds. The molecule has 0 unspecified atom stereocenters. The Kier molecular flexibility index (Phi) is 10.7. The molecular weight excluding hydrogens is 508 g/mol. The number of unbranched alkanes of at least 4 members (excludes halogenated alkanes) is 6. The molecule has 0 saturated heterocycles. The lowest BCUT2D eigenvalue weighted by Gasteiger charge is -2.04. The SMILES string of the molecule is CCCCCCc1ccc(C=Cc2ccc3cc4nc(C=Cc5ccc(CCCCCC)cc5)ccc4cc3n2)cc1. The fourth-order valence-electron chi connectivity index (χ4n) is 5.42. The second-order valence-corrected chi connectivity index (χ2v) is 11.5. The van der Waals surface area contributed by atoms with Gasteiger partial charge in [-0.2, -0.15) is 0 Å². The lowest BCUT2D eigenvalue weighted by Crippen LogP contribution is -1.88. The molecule has 0 saturated carbocycles. The van der Waals surface area contributed by atoms with Crippen LogP contribution in [0.1, 0.15) is 98.9 Å². The maximum Gasteiger partial charge on any atom is 0.0716 e. The Hall–Kier alpha value is -4.04. The van der Waals surface area contributed by atoms with Crippen LogP contribution in [-0.4, -0.2) is 9.97 Å². The molecule has 0 radical (unpaired) electrons. The lowest BCUT2D eigenvalue weighted by atomic mass is 10.0. The molecule has 2 aromatic heterocycles. The average Bonchev–Trinajstić information content (AvgIpc) is 3.03. The number of fused-ring (bicyclic) bond motifs is 2. The van der Waals surface area contributed by atoms with Crippen LogP contribution in [0.4, 0.5) is 0 Å². The second-order valence-electron chi connectivity index (χ2n) is 11.5. The fourth-order valence-corrected chi connectivity index (χ4v) is 5.42. The molecule has 5 aromatic rings. The first kappa shape index (κ1) is 29.5. The molecule has 0 aliphatic heterocycles. The van der Waals surface area contributed by atoms with Crippen molar-refractivity contribution in [1.29, 1.82) is 0 Å². The van der Waals surface area contributed by atoms with Gasteiger partial charge in [0, 0.05) is 10.8 Å². The van der Waals surface area contributed by atoms with Gasteiger partial charge in [0.1, 0.15) is 0 Å². The van der Waals surface area contributed by atoms with Crippen molar-refractivity contribution in [2.75, 3.05) is 0 Å². The second kappa shape index (κ2) is 15.3. The zero-order valence-corrected chi connectivity index (χ0v) is 25.4. The van der Waals surface area contributed by atoms with Gasteiger partial charge >= 0.3 is 0 Å². The van der Waals surface area contributed by atoms with E-state index in [0.29, 0.717) is 0 Å². The van der Waals surface area contributed by atoms with E-state index in [1.165, 1.54) is 86.5 Å². The summed E-state index contributed by atoms with van der Waals surface area (Å²) in [7, 11) is 0. The smallest absolute Gasteiger partial charge is 0.0716 e. The standard InChI is InChI=1S/C40H44N2/c1-3-5-7-9-11-31-13-17-33(18-14-31)21-25-37-27-23-35-30-40-36(29-39(35)41-37)24-28-38(42-40)26-22-34-19-15-32(16-20-34)12-10-8-6-4-2/h13-30H,3-12H2,1-2H3. The van der Waals surface area contributed by atoms with E-state index in [9.17, 15) is 0 Å². The van der Waals surface area contributed by atoms with E-state index in [4.69, 9.17) is 9.97 Å². The highest BCUT2D eigenvalue weighted by Gasteiger charge is 2.03. The van der Waals surface area contributed by atoms with Gasteiger partial charge in [0.25, 0.3) is 0 Å². The van der Waals surface area contributed by atoms with E-state index >= 15 is 0 Å². The zero-order chi connectivity index (χ0) is 29.0. The molecule has 0 bridgehead atoms. The minimum Gasteiger partial charge on any atom is -0.248 e. The molecule has 2 heteroatoms. The van der Waals surface area contributed by atoms with Gasteiger partial charge in [0.2, 0.25) is 0 Å². The summed E-state index contributed by atoms with van der Waals surface area (Å²) in [5.74, 6) is 0. The number of rotatable bonds is 14. The average molecular weight is 553 g/mol. The van der Waals surface area contributed by atoms with Crippen molar-refractivity contribution < 1.29 is 0 Å². The first-order valence-electron chi connectivity index (χ1n) is 16.0. The highest BCUT2D eigenvalue weighted by atomic mass is 14.7. The number of hydrogen-bond acceptors (Lipinski definition) is 2. The van der Waals surface area contributed by atoms with Gasteiger partial charge in [-0.1, -0.05) is 125 Å². The van der Waals surface area contributed by atoms with E-state index < -0.39 is 0 Å². The number of aromatic nitrogens is 2. The van der Waals surface area contributed by atoms with Crippen molar-refractivity contribution in [2.24, 2.45) is 0 Å². The summed E-state index contributed by atoms with van der Waals surface area (Å²) < 4.78 is 0. The van der Waals surface area contributed by atoms with E-state index in [0.717, 1.165) is 33.2 Å². The summed E-state index contributed by atoms with van der Waals surface area (Å²) in [5.41, 5.74) is 9.17. The normalized spacial score (nSPS) is 11.9. The van der Waals surface area contributed by atoms with Crippen molar-refractivity contribution in [1.82, 2.24) is 9.97 Å². The van der Waals surface area contributed by atoms with Crippen LogP contribution in [0.3, 0.4) is 0 Å². The summed E-state index contributed by atoms with van der Waals surface area (Å²) in [6, 6.07) is 30.6. The third kappa shape index (κ3) is 8.49. The predicted molar refractivity (Wildman–Crippen MR) is 183 cm³/mol. The molecule has 0 atom stereocenters. The third-order valence-electron chi connectivity index (χ3n) is 8.03. The summed E-state index contributed by atoms with van der Waals surface area (Å²) >= 11 is 0. The molecule has 0 spiro atoms. The Morgan fingerprint density at radius 1 is 0.452 bits per heavy atom. The largest absolute Gasteiger partial charge is 0.248 e. The van der Waals surface area contributed by atoms with E-state index in [1.807, 2.05) is 0 Å². The van der Waals surface area contributed by atoms with Gasteiger partial charge in [-0.25, -0.2) is 9.97 Å². The van der Waals surface area contributed by atoms with Crippen molar-refractivity contribution in [3.63, 3.8) is 0 Å². The van der Waals surface area contributed by atoms with Crippen LogP contribution in [0.15, 0.2) is 84.9 Å². The highest BCUT2D eigenvalue weighted by Crippen LogP contribution is 2.23. The quantitative estimate of drug-likeness (QED) is 0.101. The Balaban J connectivity index is 1.22. The first-order chi connectivity index (χ1) is 20.7. The van der Waals surface area contributed by atoms with Crippen LogP contribution in [0.2, 0.25) is 0 Å². The molecular formula is C40H44N2. The van der Waals surface area contributed by atoms with Crippen molar-refractivity contribution in [3.05, 3.63) is 119 Å². The number of benzene rings is 3. The molecule has 5 rings (SSSR count). The van der Waals surface area contributed by atoms with Crippen molar-refractivity contribution >= 4 is 46.1 Å². The molecule has 214 valence electrons. The summed E-state index contributed by atoms with van der Waals surface area (Å²) in [4.78, 5) is 9.84. The van der Waals surface area contributed by atoms with Crippen LogP contribution in [0, 0.1) is 0 Å². The summed E-state index contributed by atoms with van der Waals surface area (Å²) in [6.07, 6.45) is 21.3. The molecule has 0 fully saturated rings. The van der Waals surface area contributed by atoms with Gasteiger partial charge in [0.05, 0.1) is 22.4 Å². The number of pyridine rings is 2. The van der Waals surface area contributed by atoms with E-state index in [1.54, 1.807) is 0 Å². The minimum atomic E-state index is 0.963. The van der Waals surface area contributed by atoms with Crippen LogP contribution >= 0.6 is 0 Å². The van der Waals surface area contributed by atoms with E-state index in [2.05, 4.69) is 123 Å². The van der Waals surface area contributed by atoms with Crippen LogP contribution in [-0.2, 0) is 12.8 Å².